The van der Waals surface area contributed by atoms with Crippen molar-refractivity contribution in [2.24, 2.45) is 11.1 Å². The molecule has 0 amide bonds. The van der Waals surface area contributed by atoms with Crippen LogP contribution < -0.4 is 10.6 Å². The molecule has 1 unspecified atom stereocenters. The lowest BCUT2D eigenvalue weighted by Crippen LogP contribution is -2.41. The number of anilines is 1. The largest absolute Gasteiger partial charge is 0.371 e. The lowest BCUT2D eigenvalue weighted by molar-refractivity contribution is 0.144. The zero-order valence-corrected chi connectivity index (χ0v) is 14.7. The molecule has 1 aromatic carbocycles. The van der Waals surface area contributed by atoms with Crippen LogP contribution in [0.25, 0.3) is 0 Å². The van der Waals surface area contributed by atoms with Crippen LogP contribution in [-0.2, 0) is 0 Å². The number of hydrogen-bond donors (Lipinski definition) is 1. The van der Waals surface area contributed by atoms with E-state index in [1.54, 1.807) is 0 Å². The Bertz CT molecular complexity index is 482. The molecule has 2 fully saturated rings. The topological polar surface area (TPSA) is 29.3 Å². The van der Waals surface area contributed by atoms with Gasteiger partial charge in [-0.1, -0.05) is 25.3 Å². The summed E-state index contributed by atoms with van der Waals surface area (Å²) in [5, 5.41) is 0. The normalized spacial score (nSPS) is 23.3. The number of hydrogen-bond acceptors (Lipinski definition) is 2. The molecule has 3 heteroatoms. The highest BCUT2D eigenvalue weighted by Crippen LogP contribution is 2.45. The van der Waals surface area contributed by atoms with Gasteiger partial charge in [0.1, 0.15) is 0 Å². The summed E-state index contributed by atoms with van der Waals surface area (Å²) in [7, 11) is 0. The van der Waals surface area contributed by atoms with Crippen molar-refractivity contribution in [1.82, 2.24) is 0 Å². The van der Waals surface area contributed by atoms with E-state index in [0.717, 1.165) is 0 Å². The molecular formula is C18H27BrN2. The maximum atomic E-state index is 5.97. The van der Waals surface area contributed by atoms with Crippen molar-refractivity contribution in [3.05, 3.63) is 28.2 Å². The predicted molar refractivity (Wildman–Crippen MR) is 93.7 cm³/mol. The van der Waals surface area contributed by atoms with Gasteiger partial charge in [0, 0.05) is 23.6 Å². The lowest BCUT2D eigenvalue weighted by atomic mass is 9.68. The fraction of sp³-hybridized carbons (Fsp3) is 0.667. The summed E-state index contributed by atoms with van der Waals surface area (Å²) >= 11 is 3.74. The van der Waals surface area contributed by atoms with E-state index in [-0.39, 0.29) is 6.04 Å². The van der Waals surface area contributed by atoms with Gasteiger partial charge >= 0.3 is 0 Å². The van der Waals surface area contributed by atoms with Crippen molar-refractivity contribution in [3.63, 3.8) is 0 Å². The van der Waals surface area contributed by atoms with Gasteiger partial charge in [-0.25, -0.2) is 0 Å². The summed E-state index contributed by atoms with van der Waals surface area (Å²) in [5.41, 5.74) is 9.18. The second-order valence-electron chi connectivity index (χ2n) is 7.05. The minimum absolute atomic E-state index is 0.0993. The molecule has 1 saturated carbocycles. The van der Waals surface area contributed by atoms with Crippen LogP contribution >= 0.6 is 15.9 Å². The van der Waals surface area contributed by atoms with Gasteiger partial charge in [-0.3, -0.25) is 0 Å². The van der Waals surface area contributed by atoms with E-state index in [1.807, 2.05) is 6.92 Å². The molecule has 0 bridgehead atoms. The van der Waals surface area contributed by atoms with Gasteiger partial charge in [0.25, 0.3) is 0 Å². The van der Waals surface area contributed by atoms with Gasteiger partial charge < -0.3 is 10.6 Å². The van der Waals surface area contributed by atoms with E-state index >= 15 is 0 Å². The van der Waals surface area contributed by atoms with Crippen LogP contribution in [0.4, 0.5) is 5.69 Å². The second kappa shape index (κ2) is 6.29. The molecule has 1 aliphatic carbocycles. The van der Waals surface area contributed by atoms with Gasteiger partial charge in [0.15, 0.2) is 0 Å². The first-order valence-electron chi connectivity index (χ1n) is 8.40. The molecule has 116 valence electrons. The molecule has 21 heavy (non-hydrogen) atoms. The third-order valence-electron chi connectivity index (χ3n) is 5.58. The molecular weight excluding hydrogens is 324 g/mol. The Kier molecular flexibility index (Phi) is 4.60. The van der Waals surface area contributed by atoms with Crippen LogP contribution in [0, 0.1) is 5.41 Å². The Balaban J connectivity index is 1.69. The van der Waals surface area contributed by atoms with Crippen molar-refractivity contribution < 1.29 is 0 Å². The zero-order valence-electron chi connectivity index (χ0n) is 13.1. The van der Waals surface area contributed by atoms with Crippen LogP contribution in [-0.4, -0.2) is 13.1 Å². The van der Waals surface area contributed by atoms with Gasteiger partial charge in [-0.15, -0.1) is 0 Å². The minimum Gasteiger partial charge on any atom is -0.371 e. The molecule has 2 N–H and O–H groups in total. The van der Waals surface area contributed by atoms with Crippen LogP contribution in [0.15, 0.2) is 22.7 Å². The average Bonchev–Trinajstić information content (AvgIpc) is 2.49. The number of piperidine rings is 1. The van der Waals surface area contributed by atoms with Crippen LogP contribution in [0.2, 0.25) is 0 Å². The third kappa shape index (κ3) is 3.29. The van der Waals surface area contributed by atoms with Gasteiger partial charge in [-0.05, 0) is 71.6 Å². The number of halogens is 1. The predicted octanol–water partition coefficient (Wildman–Crippen LogP) is 5.02. The maximum Gasteiger partial charge on any atom is 0.0510 e. The minimum atomic E-state index is 0.0993. The van der Waals surface area contributed by atoms with E-state index in [1.165, 1.54) is 73.8 Å². The molecule has 1 heterocycles. The van der Waals surface area contributed by atoms with Crippen LogP contribution in [0.1, 0.15) is 63.5 Å². The molecule has 2 aliphatic rings. The Labute approximate surface area is 137 Å². The van der Waals surface area contributed by atoms with Crippen molar-refractivity contribution in [2.75, 3.05) is 18.0 Å². The van der Waals surface area contributed by atoms with E-state index in [2.05, 4.69) is 39.0 Å². The van der Waals surface area contributed by atoms with Crippen molar-refractivity contribution >= 4 is 21.6 Å². The number of rotatable bonds is 2. The van der Waals surface area contributed by atoms with Crippen LogP contribution in [0.3, 0.4) is 0 Å². The van der Waals surface area contributed by atoms with Crippen molar-refractivity contribution in [1.29, 1.82) is 0 Å². The van der Waals surface area contributed by atoms with Crippen LogP contribution in [0.5, 0.6) is 0 Å². The molecule has 0 aromatic heterocycles. The molecule has 1 aliphatic heterocycles. The monoisotopic (exact) mass is 350 g/mol. The molecule has 1 atom stereocenters. The Hall–Kier alpha value is -0.540. The smallest absolute Gasteiger partial charge is 0.0510 e. The summed E-state index contributed by atoms with van der Waals surface area (Å²) in [5.74, 6) is 0. The summed E-state index contributed by atoms with van der Waals surface area (Å²) in [6.07, 6.45) is 10.0. The fourth-order valence-electron chi connectivity index (χ4n) is 4.09. The van der Waals surface area contributed by atoms with Gasteiger partial charge in [-0.2, -0.15) is 0 Å². The average molecular weight is 351 g/mol. The molecule has 1 spiro atoms. The van der Waals surface area contributed by atoms with E-state index in [9.17, 15) is 0 Å². The first-order chi connectivity index (χ1) is 10.1. The quantitative estimate of drug-likeness (QED) is 0.811. The molecule has 1 saturated heterocycles. The summed E-state index contributed by atoms with van der Waals surface area (Å²) in [4.78, 5) is 2.55. The maximum absolute atomic E-state index is 5.97. The zero-order chi connectivity index (χ0) is 14.9. The number of benzene rings is 1. The second-order valence-corrected chi connectivity index (χ2v) is 7.90. The molecule has 3 rings (SSSR count). The third-order valence-corrected chi connectivity index (χ3v) is 6.21. The molecule has 1 aromatic rings. The first kappa shape index (κ1) is 15.4. The van der Waals surface area contributed by atoms with Gasteiger partial charge in [0.05, 0.1) is 5.69 Å². The number of nitrogens with zero attached hydrogens (tertiary/aromatic N) is 1. The molecule has 0 radical (unpaired) electrons. The highest BCUT2D eigenvalue weighted by atomic mass is 79.9. The standard InChI is InChI=1S/C18H27BrN2/c1-14(20)15-5-6-17(16(19)13-15)21-11-9-18(10-12-21)7-3-2-4-8-18/h5-6,13-14H,2-4,7-12,20H2,1H3. The summed E-state index contributed by atoms with van der Waals surface area (Å²) in [6.45, 7) is 4.45. The van der Waals surface area contributed by atoms with Gasteiger partial charge in [0.2, 0.25) is 0 Å². The Morgan fingerprint density at radius 1 is 1.10 bits per heavy atom. The van der Waals surface area contributed by atoms with Crippen molar-refractivity contribution in [3.8, 4) is 0 Å². The van der Waals surface area contributed by atoms with E-state index in [0.29, 0.717) is 5.41 Å². The highest BCUT2D eigenvalue weighted by molar-refractivity contribution is 9.10. The SMILES string of the molecule is CC(N)c1ccc(N2CCC3(CCCCC3)CC2)c(Br)c1. The number of nitrogens with two attached hydrogens (primary N) is 1. The lowest BCUT2D eigenvalue weighted by Gasteiger charge is -2.45. The first-order valence-corrected chi connectivity index (χ1v) is 9.19. The summed E-state index contributed by atoms with van der Waals surface area (Å²) < 4.78 is 1.19. The highest BCUT2D eigenvalue weighted by Gasteiger charge is 2.35. The van der Waals surface area contributed by atoms with Crippen molar-refractivity contribution in [2.45, 2.75) is 57.9 Å². The Morgan fingerprint density at radius 2 is 1.76 bits per heavy atom. The molecule has 2 nitrogen and oxygen atoms in total. The van der Waals surface area contributed by atoms with E-state index < -0.39 is 0 Å². The van der Waals surface area contributed by atoms with E-state index in [4.69, 9.17) is 5.73 Å². The fourth-order valence-corrected chi connectivity index (χ4v) is 4.73. The summed E-state index contributed by atoms with van der Waals surface area (Å²) in [6, 6.07) is 6.70. The Morgan fingerprint density at radius 3 is 2.33 bits per heavy atom.